The predicted molar refractivity (Wildman–Crippen MR) is 73.0 cm³/mol. The highest BCUT2D eigenvalue weighted by Gasteiger charge is 2.33. The molecule has 1 aromatic carbocycles. The number of hydrogen-bond acceptors (Lipinski definition) is 4. The number of carbonyl (C=O) groups is 1. The molecule has 0 unspecified atom stereocenters. The van der Waals surface area contributed by atoms with Gasteiger partial charge in [-0.25, -0.2) is 18.3 Å². The van der Waals surface area contributed by atoms with Crippen molar-refractivity contribution in [3.8, 4) is 0 Å². The molecule has 1 saturated heterocycles. The van der Waals surface area contributed by atoms with Crippen LogP contribution in [0.5, 0.6) is 0 Å². The Hall–Kier alpha value is -1.51. The number of hydrogen-bond donors (Lipinski definition) is 1. The first-order valence-electron chi connectivity index (χ1n) is 6.54. The minimum atomic E-state index is -3.86. The topological polar surface area (TPSA) is 75.7 Å². The molecule has 116 valence electrons. The summed E-state index contributed by atoms with van der Waals surface area (Å²) < 4.78 is 39.6. The van der Waals surface area contributed by atoms with Crippen molar-refractivity contribution in [1.29, 1.82) is 0 Å². The number of nitrogens with one attached hydrogen (secondary N) is 1. The quantitative estimate of drug-likeness (QED) is 0.838. The van der Waals surface area contributed by atoms with E-state index in [1.807, 2.05) is 0 Å². The molecule has 1 heterocycles. The van der Waals surface area contributed by atoms with E-state index < -0.39 is 15.8 Å². The summed E-state index contributed by atoms with van der Waals surface area (Å²) in [6, 6.07) is 5.28. The van der Waals surface area contributed by atoms with E-state index in [2.05, 4.69) is 10.3 Å². The highest BCUT2D eigenvalue weighted by Crippen LogP contribution is 2.25. The third-order valence-corrected chi connectivity index (χ3v) is 5.41. The number of carbonyl (C=O) groups excluding carboxylic acids is 1. The number of nitrogens with zero attached hydrogens (tertiary/aromatic N) is 1. The van der Waals surface area contributed by atoms with Crippen molar-refractivity contribution in [3.05, 3.63) is 30.1 Å². The van der Waals surface area contributed by atoms with E-state index in [1.54, 1.807) is 0 Å². The summed E-state index contributed by atoms with van der Waals surface area (Å²) in [5.74, 6) is -1.32. The summed E-state index contributed by atoms with van der Waals surface area (Å²) in [4.78, 5) is 15.8. The Morgan fingerprint density at radius 2 is 1.95 bits per heavy atom. The standard InChI is InChI=1S/C13H17FN2O4S/c1-20-15-13(17)10-6-8-16(9-7-10)21(18,19)12-5-3-2-4-11(12)14/h2-5,10H,6-9H2,1H3,(H,15,17). The Balaban J connectivity index is 2.08. The lowest BCUT2D eigenvalue weighted by atomic mass is 9.98. The van der Waals surface area contributed by atoms with Crippen molar-refractivity contribution in [2.45, 2.75) is 17.7 Å². The SMILES string of the molecule is CONC(=O)C1CCN(S(=O)(=O)c2ccccc2F)CC1. The first kappa shape index (κ1) is 15.9. The van der Waals surface area contributed by atoms with Crippen molar-refractivity contribution in [2.24, 2.45) is 5.92 Å². The van der Waals surface area contributed by atoms with Gasteiger partial charge in [-0.2, -0.15) is 4.31 Å². The zero-order valence-electron chi connectivity index (χ0n) is 11.6. The summed E-state index contributed by atoms with van der Waals surface area (Å²) in [5.41, 5.74) is 2.24. The second kappa shape index (κ2) is 6.50. The molecule has 1 fully saturated rings. The van der Waals surface area contributed by atoms with Gasteiger partial charge in [0.2, 0.25) is 15.9 Å². The van der Waals surface area contributed by atoms with E-state index in [-0.39, 0.29) is 29.8 Å². The molecule has 1 aliphatic rings. The molecular weight excluding hydrogens is 299 g/mol. The Morgan fingerprint density at radius 1 is 1.33 bits per heavy atom. The van der Waals surface area contributed by atoms with Crippen molar-refractivity contribution >= 4 is 15.9 Å². The number of rotatable bonds is 4. The van der Waals surface area contributed by atoms with Crippen LogP contribution in [0.1, 0.15) is 12.8 Å². The van der Waals surface area contributed by atoms with E-state index in [1.165, 1.54) is 29.6 Å². The van der Waals surface area contributed by atoms with Gasteiger partial charge < -0.3 is 0 Å². The third kappa shape index (κ3) is 3.39. The van der Waals surface area contributed by atoms with Crippen molar-refractivity contribution < 1.29 is 22.4 Å². The van der Waals surface area contributed by atoms with Crippen molar-refractivity contribution in [1.82, 2.24) is 9.79 Å². The molecule has 0 spiro atoms. The lowest BCUT2D eigenvalue weighted by molar-refractivity contribution is -0.136. The minimum absolute atomic E-state index is 0.179. The lowest BCUT2D eigenvalue weighted by Crippen LogP contribution is -2.43. The summed E-state index contributed by atoms with van der Waals surface area (Å²) >= 11 is 0. The first-order valence-corrected chi connectivity index (χ1v) is 7.98. The van der Waals surface area contributed by atoms with Gasteiger partial charge >= 0.3 is 0 Å². The average Bonchev–Trinajstić information content (AvgIpc) is 2.48. The second-order valence-corrected chi connectivity index (χ2v) is 6.69. The number of halogens is 1. The molecule has 0 saturated carbocycles. The van der Waals surface area contributed by atoms with Gasteiger partial charge in [0.05, 0.1) is 7.11 Å². The molecule has 0 atom stereocenters. The van der Waals surface area contributed by atoms with Crippen LogP contribution in [-0.2, 0) is 19.7 Å². The number of amides is 1. The van der Waals surface area contributed by atoms with Gasteiger partial charge in [-0.05, 0) is 25.0 Å². The molecule has 1 N–H and O–H groups in total. The largest absolute Gasteiger partial charge is 0.277 e. The number of piperidine rings is 1. The van der Waals surface area contributed by atoms with E-state index in [9.17, 15) is 17.6 Å². The van der Waals surface area contributed by atoms with Crippen LogP contribution in [0, 0.1) is 11.7 Å². The second-order valence-electron chi connectivity index (χ2n) is 4.78. The maximum Gasteiger partial charge on any atom is 0.246 e. The smallest absolute Gasteiger partial charge is 0.246 e. The fourth-order valence-electron chi connectivity index (χ4n) is 2.34. The van der Waals surface area contributed by atoms with Crippen LogP contribution in [0.4, 0.5) is 4.39 Å². The molecule has 2 rings (SSSR count). The normalized spacial score (nSPS) is 17.6. The van der Waals surface area contributed by atoms with E-state index >= 15 is 0 Å². The fraction of sp³-hybridized carbons (Fsp3) is 0.462. The van der Waals surface area contributed by atoms with Gasteiger partial charge in [-0.1, -0.05) is 12.1 Å². The Kier molecular flexibility index (Phi) is 4.92. The van der Waals surface area contributed by atoms with Crippen LogP contribution < -0.4 is 5.48 Å². The van der Waals surface area contributed by atoms with E-state index in [4.69, 9.17) is 0 Å². The van der Waals surface area contributed by atoms with Crippen LogP contribution >= 0.6 is 0 Å². The van der Waals surface area contributed by atoms with Crippen molar-refractivity contribution in [2.75, 3.05) is 20.2 Å². The Bertz CT molecular complexity index is 612. The Morgan fingerprint density at radius 3 is 2.52 bits per heavy atom. The average molecular weight is 316 g/mol. The van der Waals surface area contributed by atoms with Gasteiger partial charge in [0, 0.05) is 19.0 Å². The van der Waals surface area contributed by atoms with Gasteiger partial charge in [0.15, 0.2) is 0 Å². The summed E-state index contributed by atoms with van der Waals surface area (Å²) in [7, 11) is -2.52. The van der Waals surface area contributed by atoms with Crippen LogP contribution in [0.15, 0.2) is 29.2 Å². The molecule has 1 aromatic rings. The molecule has 0 bridgehead atoms. The van der Waals surface area contributed by atoms with Crippen LogP contribution in [0.2, 0.25) is 0 Å². The molecule has 1 amide bonds. The molecule has 8 heteroatoms. The molecule has 21 heavy (non-hydrogen) atoms. The van der Waals surface area contributed by atoms with Crippen LogP contribution in [0.3, 0.4) is 0 Å². The highest BCUT2D eigenvalue weighted by atomic mass is 32.2. The maximum atomic E-state index is 13.7. The van der Waals surface area contributed by atoms with E-state index in [0.717, 1.165) is 6.07 Å². The summed E-state index contributed by atoms with van der Waals surface area (Å²) in [6.07, 6.45) is 0.756. The monoisotopic (exact) mass is 316 g/mol. The molecule has 0 aromatic heterocycles. The number of sulfonamides is 1. The molecule has 0 aliphatic carbocycles. The maximum absolute atomic E-state index is 13.7. The van der Waals surface area contributed by atoms with Gasteiger partial charge in [-0.3, -0.25) is 9.63 Å². The summed E-state index contributed by atoms with van der Waals surface area (Å²) in [5, 5.41) is 0. The minimum Gasteiger partial charge on any atom is -0.277 e. The number of hydroxylamine groups is 1. The van der Waals surface area contributed by atoms with Gasteiger partial charge in [0.1, 0.15) is 10.7 Å². The number of benzene rings is 1. The zero-order valence-corrected chi connectivity index (χ0v) is 12.4. The Labute approximate surface area is 122 Å². The predicted octanol–water partition coefficient (Wildman–Crippen LogP) is 0.904. The van der Waals surface area contributed by atoms with Crippen LogP contribution in [0.25, 0.3) is 0 Å². The lowest BCUT2D eigenvalue weighted by Gasteiger charge is -2.30. The summed E-state index contributed by atoms with van der Waals surface area (Å²) in [6.45, 7) is 0.358. The molecule has 0 radical (unpaired) electrons. The molecule has 6 nitrogen and oxygen atoms in total. The van der Waals surface area contributed by atoms with Crippen molar-refractivity contribution in [3.63, 3.8) is 0 Å². The molecule has 1 aliphatic heterocycles. The van der Waals surface area contributed by atoms with Crippen LogP contribution in [-0.4, -0.2) is 38.8 Å². The first-order chi connectivity index (χ1) is 9.96. The molecular formula is C13H17FN2O4S. The van der Waals surface area contributed by atoms with Gasteiger partial charge in [-0.15, -0.1) is 0 Å². The van der Waals surface area contributed by atoms with E-state index in [0.29, 0.717) is 12.8 Å². The third-order valence-electron chi connectivity index (χ3n) is 3.48. The highest BCUT2D eigenvalue weighted by molar-refractivity contribution is 7.89. The fourth-order valence-corrected chi connectivity index (χ4v) is 3.87. The zero-order chi connectivity index (χ0) is 15.5. The van der Waals surface area contributed by atoms with Gasteiger partial charge in [0.25, 0.3) is 0 Å².